The van der Waals surface area contributed by atoms with E-state index >= 15 is 0 Å². The molecule has 47 heavy (non-hydrogen) atoms. The molecule has 12 nitrogen and oxygen atoms in total. The van der Waals surface area contributed by atoms with Crippen LogP contribution in [0.15, 0.2) is 115 Å². The van der Waals surface area contributed by atoms with Crippen LogP contribution in [0.3, 0.4) is 0 Å². The number of halogens is 1. The summed E-state index contributed by atoms with van der Waals surface area (Å²) in [5.74, 6) is -1.51. The molecule has 0 spiro atoms. The molecule has 3 aromatic carbocycles. The van der Waals surface area contributed by atoms with Crippen LogP contribution in [0.2, 0.25) is 0 Å². The number of hydrogen-bond donors (Lipinski definition) is 1. The minimum absolute atomic E-state index is 0.266. The van der Waals surface area contributed by atoms with Crippen molar-refractivity contribution < 1.29 is 33.3 Å². The number of ether oxygens (including phenoxy) is 4. The average molecular weight is 699 g/mol. The Labute approximate surface area is 277 Å². The molecule has 6 rings (SSSR count). The summed E-state index contributed by atoms with van der Waals surface area (Å²) in [6, 6.07) is 25.1. The molecule has 5 aromatic rings. The van der Waals surface area contributed by atoms with E-state index in [4.69, 9.17) is 18.9 Å². The Hall–Kier alpha value is -5.40. The van der Waals surface area contributed by atoms with E-state index in [-0.39, 0.29) is 17.7 Å². The van der Waals surface area contributed by atoms with Crippen LogP contribution in [0, 0.1) is 0 Å². The van der Waals surface area contributed by atoms with E-state index in [1.807, 2.05) is 0 Å². The highest BCUT2D eigenvalue weighted by Crippen LogP contribution is 2.38. The van der Waals surface area contributed by atoms with E-state index in [0.29, 0.717) is 33.6 Å². The number of esters is 3. The fraction of sp³-hybridized carbons (Fsp3) is 0.176. The molecular weight excluding hydrogens is 670 g/mol. The van der Waals surface area contributed by atoms with Crippen molar-refractivity contribution >= 4 is 50.7 Å². The van der Waals surface area contributed by atoms with E-state index in [1.165, 1.54) is 11.0 Å². The lowest BCUT2D eigenvalue weighted by molar-refractivity contribution is -0.0655. The second-order valence-electron chi connectivity index (χ2n) is 10.3. The summed E-state index contributed by atoms with van der Waals surface area (Å²) in [6.07, 6.45) is -1.71. The van der Waals surface area contributed by atoms with Gasteiger partial charge in [0.05, 0.1) is 22.1 Å². The smallest absolute Gasteiger partial charge is 0.338 e. The van der Waals surface area contributed by atoms with Gasteiger partial charge in [-0.2, -0.15) is 5.10 Å². The van der Waals surface area contributed by atoms with Crippen molar-refractivity contribution in [2.75, 3.05) is 18.5 Å². The molecule has 13 heteroatoms. The first-order valence-electron chi connectivity index (χ1n) is 14.6. The van der Waals surface area contributed by atoms with E-state index < -0.39 is 42.4 Å². The number of anilines is 1. The summed E-state index contributed by atoms with van der Waals surface area (Å²) in [4.78, 5) is 48.6. The summed E-state index contributed by atoms with van der Waals surface area (Å²) < 4.78 is 25.9. The predicted molar refractivity (Wildman–Crippen MR) is 174 cm³/mol. The zero-order chi connectivity index (χ0) is 32.8. The minimum Gasteiger partial charge on any atom is -0.459 e. The third kappa shape index (κ3) is 6.90. The van der Waals surface area contributed by atoms with Crippen molar-refractivity contribution in [3.63, 3.8) is 0 Å². The lowest BCUT2D eigenvalue weighted by Crippen LogP contribution is -2.41. The summed E-state index contributed by atoms with van der Waals surface area (Å²) in [5.41, 5.74) is 1.19. The highest BCUT2D eigenvalue weighted by atomic mass is 79.9. The summed E-state index contributed by atoms with van der Waals surface area (Å²) in [6.45, 7) is 3.82. The zero-order valence-corrected chi connectivity index (χ0v) is 26.4. The number of rotatable bonds is 11. The quantitative estimate of drug-likeness (QED) is 0.108. The molecule has 4 atom stereocenters. The number of carbonyl (C=O) groups is 3. The molecular formula is C34H28BrN5O7. The number of aromatic nitrogens is 4. The molecule has 238 valence electrons. The van der Waals surface area contributed by atoms with Gasteiger partial charge in [0.25, 0.3) is 0 Å². The molecule has 0 aliphatic carbocycles. The maximum absolute atomic E-state index is 13.5. The Bertz CT molecular complexity index is 1890. The number of nitrogens with one attached hydrogen (secondary N) is 1. The highest BCUT2D eigenvalue weighted by molar-refractivity contribution is 9.10. The van der Waals surface area contributed by atoms with Crippen LogP contribution in [0.1, 0.15) is 37.3 Å². The zero-order valence-electron chi connectivity index (χ0n) is 24.8. The van der Waals surface area contributed by atoms with Gasteiger partial charge in [0.1, 0.15) is 29.5 Å². The molecule has 0 radical (unpaired) electrons. The number of fused-ring (bicyclic) bond motifs is 1. The van der Waals surface area contributed by atoms with Gasteiger partial charge in [-0.1, -0.05) is 60.7 Å². The summed E-state index contributed by atoms with van der Waals surface area (Å²) in [5, 5.41) is 8.30. The van der Waals surface area contributed by atoms with Gasteiger partial charge in [0.15, 0.2) is 24.1 Å². The molecule has 0 amide bonds. The van der Waals surface area contributed by atoms with Crippen molar-refractivity contribution in [3.8, 4) is 0 Å². The maximum Gasteiger partial charge on any atom is 0.338 e. The van der Waals surface area contributed by atoms with Gasteiger partial charge in [-0.05, 0) is 52.3 Å². The Morgan fingerprint density at radius 3 is 1.96 bits per heavy atom. The van der Waals surface area contributed by atoms with Crippen LogP contribution in [-0.4, -0.2) is 69.1 Å². The maximum atomic E-state index is 13.5. The molecule has 0 bridgehead atoms. The molecule has 0 unspecified atom stereocenters. The molecule has 1 N–H and O–H groups in total. The molecule has 1 aliphatic heterocycles. The van der Waals surface area contributed by atoms with Crippen LogP contribution in [0.5, 0.6) is 0 Å². The van der Waals surface area contributed by atoms with Gasteiger partial charge < -0.3 is 24.3 Å². The number of nitrogens with zero attached hydrogens (tertiary/aromatic N) is 4. The Morgan fingerprint density at radius 1 is 0.830 bits per heavy atom. The number of hydrogen-bond acceptors (Lipinski definition) is 11. The first-order chi connectivity index (χ1) is 22.9. The lowest BCUT2D eigenvalue weighted by atomic mass is 10.1. The minimum atomic E-state index is -1.26. The fourth-order valence-corrected chi connectivity index (χ4v) is 5.60. The molecule has 1 saturated heterocycles. The van der Waals surface area contributed by atoms with Crippen molar-refractivity contribution in [1.82, 2.24) is 19.7 Å². The monoisotopic (exact) mass is 697 g/mol. The molecule has 0 saturated carbocycles. The molecule has 1 fully saturated rings. The second kappa shape index (κ2) is 14.4. The lowest BCUT2D eigenvalue weighted by Gasteiger charge is -2.24. The topological polar surface area (TPSA) is 144 Å². The Balaban J connectivity index is 1.40. The van der Waals surface area contributed by atoms with Crippen LogP contribution in [-0.2, 0) is 18.9 Å². The van der Waals surface area contributed by atoms with Crippen molar-refractivity contribution in [2.24, 2.45) is 0 Å². The number of benzene rings is 3. The largest absolute Gasteiger partial charge is 0.459 e. The van der Waals surface area contributed by atoms with Gasteiger partial charge in [0, 0.05) is 6.54 Å². The van der Waals surface area contributed by atoms with E-state index in [2.05, 4.69) is 42.9 Å². The first kappa shape index (κ1) is 31.6. The standard InChI is InChI=1S/C34H28BrN5O7/c1-2-18-36-29-25-28(35)39-40(30(25)38-20-37-29)31-27(47-34(43)23-16-10-5-11-17-23)26(46-33(42)22-14-8-4-9-15-22)24(45-31)19-44-32(41)21-12-6-3-7-13-21/h2-17,20,24,26-27,31H,1,18-19H2,(H,36,37,38)/t24-,26-,27-,31-/m1/s1. The van der Waals surface area contributed by atoms with Crippen LogP contribution >= 0.6 is 15.9 Å². The predicted octanol–water partition coefficient (Wildman–Crippen LogP) is 5.39. The van der Waals surface area contributed by atoms with E-state index in [0.717, 1.165) is 0 Å². The second-order valence-corrected chi connectivity index (χ2v) is 11.1. The number of carbonyl (C=O) groups excluding carboxylic acids is 3. The normalized spacial score (nSPS) is 18.7. The van der Waals surface area contributed by atoms with Crippen LogP contribution in [0.4, 0.5) is 5.82 Å². The SMILES string of the molecule is C=CCNc1ncnc2c1c(Br)nn2[C@@H]1O[C@H](COC(=O)c2ccccc2)[C@@H](OC(=O)c2ccccc2)[C@H]1OC(=O)c1ccccc1. The van der Waals surface area contributed by atoms with Crippen LogP contribution < -0.4 is 5.32 Å². The van der Waals surface area contributed by atoms with E-state index in [1.54, 1.807) is 97.1 Å². The third-order valence-electron chi connectivity index (χ3n) is 7.28. The Morgan fingerprint density at radius 2 is 1.38 bits per heavy atom. The van der Waals surface area contributed by atoms with Crippen molar-refractivity contribution in [3.05, 3.63) is 131 Å². The van der Waals surface area contributed by atoms with Crippen LogP contribution in [0.25, 0.3) is 11.0 Å². The van der Waals surface area contributed by atoms with Gasteiger partial charge in [-0.3, -0.25) is 0 Å². The highest BCUT2D eigenvalue weighted by Gasteiger charge is 2.52. The van der Waals surface area contributed by atoms with E-state index in [9.17, 15) is 14.4 Å². The average Bonchev–Trinajstić information content (AvgIpc) is 3.63. The van der Waals surface area contributed by atoms with Gasteiger partial charge >= 0.3 is 17.9 Å². The first-order valence-corrected chi connectivity index (χ1v) is 15.4. The summed E-state index contributed by atoms with van der Waals surface area (Å²) >= 11 is 3.50. The van der Waals surface area contributed by atoms with Gasteiger partial charge in [-0.15, -0.1) is 6.58 Å². The van der Waals surface area contributed by atoms with Gasteiger partial charge in [-0.25, -0.2) is 29.0 Å². The Kier molecular flexibility index (Phi) is 9.64. The van der Waals surface area contributed by atoms with Crippen molar-refractivity contribution in [2.45, 2.75) is 24.5 Å². The van der Waals surface area contributed by atoms with Gasteiger partial charge in [0.2, 0.25) is 0 Å². The summed E-state index contributed by atoms with van der Waals surface area (Å²) in [7, 11) is 0. The molecule has 2 aromatic heterocycles. The van der Waals surface area contributed by atoms with Crippen molar-refractivity contribution in [1.29, 1.82) is 0 Å². The third-order valence-corrected chi connectivity index (χ3v) is 7.83. The molecule has 3 heterocycles. The fourth-order valence-electron chi connectivity index (χ4n) is 5.07. The molecule has 1 aliphatic rings.